The number of aromatic nitrogens is 2. The van der Waals surface area contributed by atoms with E-state index >= 15 is 0 Å². The number of hydrogen-bond donors (Lipinski definition) is 3. The van der Waals surface area contributed by atoms with E-state index in [4.69, 9.17) is 11.5 Å². The van der Waals surface area contributed by atoms with Gasteiger partial charge in [0.1, 0.15) is 0 Å². The number of carbonyl (C=O) groups is 2. The highest BCUT2D eigenvalue weighted by atomic mass is 16.2. The molecule has 2 heterocycles. The summed E-state index contributed by atoms with van der Waals surface area (Å²) in [7, 11) is 0. The molecule has 1 aromatic heterocycles. The number of aryl methyl sites for hydroxylation is 1. The fourth-order valence-electron chi connectivity index (χ4n) is 3.52. The largest absolute Gasteiger partial charge is 0.398 e. The summed E-state index contributed by atoms with van der Waals surface area (Å²) in [5, 5.41) is 8.25. The Morgan fingerprint density at radius 3 is 2.85 bits per heavy atom. The molecule has 0 aliphatic carbocycles. The van der Waals surface area contributed by atoms with Gasteiger partial charge in [-0.3, -0.25) is 14.7 Å². The molecule has 0 fully saturated rings. The molecular weight excluding hydrogens is 342 g/mol. The van der Waals surface area contributed by atoms with E-state index in [1.54, 1.807) is 11.0 Å². The van der Waals surface area contributed by atoms with Crippen LogP contribution in [0.4, 0.5) is 5.69 Å². The number of aromatic amines is 1. The molecule has 0 radical (unpaired) electrons. The van der Waals surface area contributed by atoms with Gasteiger partial charge in [0.05, 0.1) is 23.3 Å². The first kappa shape index (κ1) is 16.8. The van der Waals surface area contributed by atoms with Gasteiger partial charge in [0.15, 0.2) is 0 Å². The fourth-order valence-corrected chi connectivity index (χ4v) is 3.52. The van der Waals surface area contributed by atoms with Crippen LogP contribution in [-0.2, 0) is 11.3 Å². The highest BCUT2D eigenvalue weighted by molar-refractivity contribution is 6.06. The topological polar surface area (TPSA) is 118 Å². The van der Waals surface area contributed by atoms with E-state index in [0.29, 0.717) is 17.8 Å². The van der Waals surface area contributed by atoms with Gasteiger partial charge in [0, 0.05) is 23.2 Å². The summed E-state index contributed by atoms with van der Waals surface area (Å²) in [6.45, 7) is 6.02. The van der Waals surface area contributed by atoms with Gasteiger partial charge < -0.3 is 16.4 Å². The third-order valence-electron chi connectivity index (χ3n) is 4.99. The highest BCUT2D eigenvalue weighted by Crippen LogP contribution is 2.37. The minimum Gasteiger partial charge on any atom is -0.398 e. The zero-order valence-electron chi connectivity index (χ0n) is 14.9. The van der Waals surface area contributed by atoms with Crippen LogP contribution in [0, 0.1) is 6.92 Å². The van der Waals surface area contributed by atoms with Crippen molar-refractivity contribution in [3.8, 4) is 11.1 Å². The first-order valence-corrected chi connectivity index (χ1v) is 8.50. The number of nitrogens with zero attached hydrogens (tertiary/aromatic N) is 2. The summed E-state index contributed by atoms with van der Waals surface area (Å²) in [6, 6.07) is 9.67. The van der Waals surface area contributed by atoms with Crippen molar-refractivity contribution < 1.29 is 9.59 Å². The van der Waals surface area contributed by atoms with Crippen molar-refractivity contribution in [2.75, 3.05) is 12.3 Å². The van der Waals surface area contributed by atoms with Gasteiger partial charge in [-0.2, -0.15) is 5.10 Å². The number of H-pyrrole nitrogens is 1. The van der Waals surface area contributed by atoms with E-state index in [1.165, 1.54) is 0 Å². The Hall–Kier alpha value is -3.61. The van der Waals surface area contributed by atoms with Gasteiger partial charge in [-0.25, -0.2) is 0 Å². The third kappa shape index (κ3) is 2.64. The number of amides is 2. The molecule has 0 unspecified atom stereocenters. The molecular formula is C20H19N5O2. The lowest BCUT2D eigenvalue weighted by molar-refractivity contribution is -0.114. The standard InChI is InChI=1S/C20H19N5O2/c1-10(19(22)26)8-25-9-15-13(4-5-16(21)18(15)20(25)27)12-3-6-17-14(7-12)11(2)23-24-17/h3-7H,1,8-9,21H2,2H3,(H2,22,26)(H,23,24). The lowest BCUT2D eigenvalue weighted by atomic mass is 9.95. The molecule has 0 atom stereocenters. The number of benzene rings is 2. The number of nitrogens with two attached hydrogens (primary N) is 2. The molecule has 1 aliphatic heterocycles. The maximum Gasteiger partial charge on any atom is 0.256 e. The lowest BCUT2D eigenvalue weighted by Crippen LogP contribution is -2.30. The average Bonchev–Trinajstić information content (AvgIpc) is 3.16. The molecule has 4 rings (SSSR count). The second-order valence-electron chi connectivity index (χ2n) is 6.75. The lowest BCUT2D eigenvalue weighted by Gasteiger charge is -2.15. The third-order valence-corrected chi connectivity index (χ3v) is 4.99. The van der Waals surface area contributed by atoms with E-state index in [9.17, 15) is 9.59 Å². The Kier molecular flexibility index (Phi) is 3.73. The molecule has 27 heavy (non-hydrogen) atoms. The van der Waals surface area contributed by atoms with Crippen LogP contribution in [0.5, 0.6) is 0 Å². The van der Waals surface area contributed by atoms with Crippen LogP contribution in [0.2, 0.25) is 0 Å². The molecule has 7 heteroatoms. The Morgan fingerprint density at radius 1 is 1.33 bits per heavy atom. The van der Waals surface area contributed by atoms with Crippen molar-refractivity contribution in [3.05, 3.63) is 59.3 Å². The SMILES string of the molecule is C=C(CN1Cc2c(-c3ccc4[nH]nc(C)c4c3)ccc(N)c2C1=O)C(N)=O. The van der Waals surface area contributed by atoms with Crippen molar-refractivity contribution >= 4 is 28.4 Å². The molecule has 0 saturated heterocycles. The Balaban J connectivity index is 1.79. The summed E-state index contributed by atoms with van der Waals surface area (Å²) in [6.07, 6.45) is 0. The average molecular weight is 361 g/mol. The predicted molar refractivity (Wildman–Crippen MR) is 104 cm³/mol. The molecule has 2 aromatic carbocycles. The van der Waals surface area contributed by atoms with Crippen molar-refractivity contribution in [2.45, 2.75) is 13.5 Å². The Bertz CT molecular complexity index is 1130. The highest BCUT2D eigenvalue weighted by Gasteiger charge is 2.32. The number of nitrogen functional groups attached to an aromatic ring is 1. The smallest absolute Gasteiger partial charge is 0.256 e. The van der Waals surface area contributed by atoms with Crippen molar-refractivity contribution in [2.24, 2.45) is 5.73 Å². The second kappa shape index (κ2) is 5.98. The van der Waals surface area contributed by atoms with Crippen molar-refractivity contribution in [3.63, 3.8) is 0 Å². The van der Waals surface area contributed by atoms with Gasteiger partial charge >= 0.3 is 0 Å². The van der Waals surface area contributed by atoms with Gasteiger partial charge in [0.25, 0.3) is 5.91 Å². The van der Waals surface area contributed by atoms with Crippen LogP contribution in [0.25, 0.3) is 22.0 Å². The molecule has 0 bridgehead atoms. The molecule has 136 valence electrons. The number of hydrogen-bond acceptors (Lipinski definition) is 4. The maximum atomic E-state index is 12.8. The molecule has 5 N–H and O–H groups in total. The predicted octanol–water partition coefficient (Wildman–Crippen LogP) is 2.12. The number of anilines is 1. The zero-order valence-corrected chi connectivity index (χ0v) is 14.9. The van der Waals surface area contributed by atoms with Crippen LogP contribution < -0.4 is 11.5 Å². The first-order valence-electron chi connectivity index (χ1n) is 8.50. The van der Waals surface area contributed by atoms with Gasteiger partial charge in [0.2, 0.25) is 5.91 Å². The van der Waals surface area contributed by atoms with Crippen molar-refractivity contribution in [1.29, 1.82) is 0 Å². The summed E-state index contributed by atoms with van der Waals surface area (Å²) in [4.78, 5) is 25.7. The second-order valence-corrected chi connectivity index (χ2v) is 6.75. The summed E-state index contributed by atoms with van der Waals surface area (Å²) < 4.78 is 0. The number of rotatable bonds is 4. The summed E-state index contributed by atoms with van der Waals surface area (Å²) >= 11 is 0. The maximum absolute atomic E-state index is 12.8. The minimum atomic E-state index is -0.618. The monoisotopic (exact) mass is 361 g/mol. The first-order chi connectivity index (χ1) is 12.9. The summed E-state index contributed by atoms with van der Waals surface area (Å²) in [5.74, 6) is -0.833. The normalized spacial score (nSPS) is 13.2. The number of primary amides is 1. The number of carbonyl (C=O) groups excluding carboxylic acids is 2. The van der Waals surface area contributed by atoms with E-state index < -0.39 is 5.91 Å². The van der Waals surface area contributed by atoms with E-state index in [2.05, 4.69) is 22.8 Å². The molecule has 1 aliphatic rings. The van der Waals surface area contributed by atoms with Gasteiger partial charge in [-0.05, 0) is 41.8 Å². The van der Waals surface area contributed by atoms with Crippen LogP contribution in [0.1, 0.15) is 21.6 Å². The number of fused-ring (bicyclic) bond motifs is 2. The zero-order chi connectivity index (χ0) is 19.3. The van der Waals surface area contributed by atoms with Crippen LogP contribution in [0.15, 0.2) is 42.5 Å². The van der Waals surface area contributed by atoms with Gasteiger partial charge in [-0.1, -0.05) is 18.7 Å². The van der Waals surface area contributed by atoms with E-state index in [0.717, 1.165) is 33.3 Å². The quantitative estimate of drug-likeness (QED) is 0.487. The van der Waals surface area contributed by atoms with Crippen LogP contribution >= 0.6 is 0 Å². The van der Waals surface area contributed by atoms with Crippen LogP contribution in [-0.4, -0.2) is 33.5 Å². The van der Waals surface area contributed by atoms with E-state index in [1.807, 2.05) is 25.1 Å². The van der Waals surface area contributed by atoms with Gasteiger partial charge in [-0.15, -0.1) is 0 Å². The summed E-state index contributed by atoms with van der Waals surface area (Å²) in [5.41, 5.74) is 17.1. The molecule has 3 aromatic rings. The van der Waals surface area contributed by atoms with E-state index in [-0.39, 0.29) is 18.0 Å². The Morgan fingerprint density at radius 2 is 2.11 bits per heavy atom. The molecule has 0 spiro atoms. The van der Waals surface area contributed by atoms with Crippen molar-refractivity contribution in [1.82, 2.24) is 15.1 Å². The molecule has 7 nitrogen and oxygen atoms in total. The molecule has 0 saturated carbocycles. The number of nitrogens with one attached hydrogen (secondary N) is 1. The Labute approximate surface area is 155 Å². The fraction of sp³-hybridized carbons (Fsp3) is 0.150. The molecule has 2 amide bonds. The minimum absolute atomic E-state index is 0.0849. The van der Waals surface area contributed by atoms with Crippen LogP contribution in [0.3, 0.4) is 0 Å².